The molecular formula is C28H31F6N3O4. The first-order chi connectivity index (χ1) is 19.2. The summed E-state index contributed by atoms with van der Waals surface area (Å²) in [5.41, 5.74) is 2.75. The Labute approximate surface area is 233 Å². The second kappa shape index (κ2) is 13.8. The number of imide groups is 1. The minimum absolute atomic E-state index is 0.0718. The first-order valence-electron chi connectivity index (χ1n) is 12.9. The molecule has 41 heavy (non-hydrogen) atoms. The average molecular weight is 588 g/mol. The third-order valence-electron chi connectivity index (χ3n) is 6.70. The van der Waals surface area contributed by atoms with E-state index in [1.807, 2.05) is 13.0 Å². The predicted molar refractivity (Wildman–Crippen MR) is 136 cm³/mol. The van der Waals surface area contributed by atoms with E-state index in [1.54, 1.807) is 36.4 Å². The third-order valence-corrected chi connectivity index (χ3v) is 6.70. The van der Waals surface area contributed by atoms with Crippen molar-refractivity contribution in [3.63, 3.8) is 0 Å². The smallest absolute Gasteiger partial charge is 0.390 e. The number of amides is 3. The van der Waals surface area contributed by atoms with Gasteiger partial charge in [0.25, 0.3) is 0 Å². The summed E-state index contributed by atoms with van der Waals surface area (Å²) >= 11 is 0. The molecule has 7 nitrogen and oxygen atoms in total. The fourth-order valence-corrected chi connectivity index (χ4v) is 4.42. The molecule has 2 aromatic carbocycles. The van der Waals surface area contributed by atoms with Crippen molar-refractivity contribution in [3.05, 3.63) is 64.7 Å². The maximum Gasteiger partial charge on any atom is 0.390 e. The van der Waals surface area contributed by atoms with Gasteiger partial charge in [0.2, 0.25) is 18.2 Å². The summed E-state index contributed by atoms with van der Waals surface area (Å²) < 4.78 is 82.0. The fraction of sp³-hybridized carbons (Fsp3) is 0.464. The zero-order valence-corrected chi connectivity index (χ0v) is 22.4. The Morgan fingerprint density at radius 2 is 1.54 bits per heavy atom. The number of piperidine rings is 1. The molecule has 0 saturated carbocycles. The summed E-state index contributed by atoms with van der Waals surface area (Å²) in [5.74, 6) is -0.461. The first kappa shape index (κ1) is 31.9. The molecule has 3 amide bonds. The zero-order chi connectivity index (χ0) is 30.2. The fourth-order valence-electron chi connectivity index (χ4n) is 4.42. The van der Waals surface area contributed by atoms with Crippen molar-refractivity contribution in [2.24, 2.45) is 0 Å². The summed E-state index contributed by atoms with van der Waals surface area (Å²) in [7, 11) is 0. The number of carbonyl (C=O) groups is 3. The van der Waals surface area contributed by atoms with Crippen molar-refractivity contribution in [1.29, 1.82) is 0 Å². The molecule has 2 aromatic rings. The summed E-state index contributed by atoms with van der Waals surface area (Å²) in [5, 5.41) is 2.24. The highest BCUT2D eigenvalue weighted by atomic mass is 19.4. The van der Waals surface area contributed by atoms with Crippen LogP contribution in [0.2, 0.25) is 0 Å². The highest BCUT2D eigenvalue weighted by Gasteiger charge is 2.32. The monoisotopic (exact) mass is 587 g/mol. The van der Waals surface area contributed by atoms with Crippen LogP contribution in [0.3, 0.4) is 0 Å². The number of ether oxygens (including phenoxy) is 1. The minimum atomic E-state index is -4.48. The molecule has 0 bridgehead atoms. The number of hydrogen-bond donors (Lipinski definition) is 1. The summed E-state index contributed by atoms with van der Waals surface area (Å²) in [6, 6.07) is 11.1. The molecule has 1 aliphatic rings. The maximum absolute atomic E-state index is 12.7. The van der Waals surface area contributed by atoms with Gasteiger partial charge in [-0.15, -0.1) is 0 Å². The molecule has 0 spiro atoms. The van der Waals surface area contributed by atoms with Gasteiger partial charge in [0.15, 0.2) is 0 Å². The van der Waals surface area contributed by atoms with Crippen LogP contribution in [0.1, 0.15) is 47.9 Å². The van der Waals surface area contributed by atoms with Crippen LogP contribution in [0.15, 0.2) is 42.5 Å². The molecule has 224 valence electrons. The van der Waals surface area contributed by atoms with Gasteiger partial charge < -0.3 is 9.64 Å². The first-order valence-corrected chi connectivity index (χ1v) is 12.9. The number of nitrogens with zero attached hydrogens (tertiary/aromatic N) is 2. The van der Waals surface area contributed by atoms with Crippen LogP contribution in [0, 0.1) is 6.92 Å². The zero-order valence-electron chi connectivity index (χ0n) is 22.4. The number of nitrogens with one attached hydrogen (secondary N) is 1. The van der Waals surface area contributed by atoms with Gasteiger partial charge in [-0.3, -0.25) is 24.6 Å². The summed E-state index contributed by atoms with van der Waals surface area (Å²) in [6.07, 6.45) is -10.5. The Hall–Kier alpha value is -3.61. The lowest BCUT2D eigenvalue weighted by Crippen LogP contribution is -2.51. The Morgan fingerprint density at radius 3 is 2.10 bits per heavy atom. The molecular weight excluding hydrogens is 556 g/mol. The normalized spacial score (nSPS) is 16.0. The van der Waals surface area contributed by atoms with Crippen LogP contribution < -0.4 is 10.1 Å². The van der Waals surface area contributed by atoms with Crippen molar-refractivity contribution >= 4 is 18.2 Å². The van der Waals surface area contributed by atoms with Crippen molar-refractivity contribution in [3.8, 4) is 5.75 Å². The lowest BCUT2D eigenvalue weighted by molar-refractivity contribution is -0.146. The van der Waals surface area contributed by atoms with Gasteiger partial charge in [0, 0.05) is 31.6 Å². The van der Waals surface area contributed by atoms with E-state index in [0.29, 0.717) is 28.8 Å². The average Bonchev–Trinajstić information content (AvgIpc) is 2.89. The van der Waals surface area contributed by atoms with Crippen LogP contribution in [0.25, 0.3) is 0 Å². The van der Waals surface area contributed by atoms with Crippen molar-refractivity contribution in [2.45, 2.75) is 70.7 Å². The van der Waals surface area contributed by atoms with Gasteiger partial charge >= 0.3 is 12.4 Å². The SMILES string of the molecule is Cc1cccc(OCc2ccc(CN(CCC(F)(F)F)CCC(F)(F)F)cc2)c1CN(C=O)C1CCC(=O)NC1=O. The molecule has 0 aromatic heterocycles. The molecule has 13 heteroatoms. The van der Waals surface area contributed by atoms with Gasteiger partial charge in [-0.1, -0.05) is 36.4 Å². The number of halogens is 6. The van der Waals surface area contributed by atoms with Crippen molar-refractivity contribution in [2.75, 3.05) is 13.1 Å². The van der Waals surface area contributed by atoms with E-state index in [9.17, 15) is 40.7 Å². The molecule has 1 atom stereocenters. The summed E-state index contributed by atoms with van der Waals surface area (Å²) in [4.78, 5) is 38.0. The van der Waals surface area contributed by atoms with Gasteiger partial charge in [-0.25, -0.2) is 0 Å². The second-order valence-electron chi connectivity index (χ2n) is 9.91. The largest absolute Gasteiger partial charge is 0.489 e. The van der Waals surface area contributed by atoms with Crippen LogP contribution in [-0.4, -0.2) is 59.5 Å². The van der Waals surface area contributed by atoms with Crippen molar-refractivity contribution in [1.82, 2.24) is 15.1 Å². The number of benzene rings is 2. The van der Waals surface area contributed by atoms with Crippen molar-refractivity contribution < 1.29 is 45.5 Å². The third kappa shape index (κ3) is 10.4. The van der Waals surface area contributed by atoms with Gasteiger partial charge in [0.1, 0.15) is 18.4 Å². The molecule has 0 radical (unpaired) electrons. The van der Waals surface area contributed by atoms with Crippen LogP contribution in [0.4, 0.5) is 26.3 Å². The molecule has 3 rings (SSSR count). The quantitative estimate of drug-likeness (QED) is 0.202. The van der Waals surface area contributed by atoms with E-state index in [-0.39, 0.29) is 32.5 Å². The molecule has 1 aliphatic heterocycles. The number of aryl methyl sites for hydroxylation is 1. The molecule has 1 N–H and O–H groups in total. The highest BCUT2D eigenvalue weighted by molar-refractivity contribution is 6.00. The Bertz CT molecular complexity index is 1180. The number of carbonyl (C=O) groups excluding carboxylic acids is 3. The number of hydrogen-bond acceptors (Lipinski definition) is 5. The Morgan fingerprint density at radius 1 is 0.927 bits per heavy atom. The standard InChI is InChI=1S/C28H31F6N3O4/c1-19-3-2-4-24(22(19)16-37(18-38)23-9-10-25(39)35-26(23)40)41-17-21-7-5-20(6-8-21)15-36(13-11-27(29,30)31)14-12-28(32,33)34/h2-8,18,23H,9-17H2,1H3,(H,35,39,40). The van der Waals surface area contributed by atoms with Crippen LogP contribution in [-0.2, 0) is 34.1 Å². The van der Waals surface area contributed by atoms with Gasteiger partial charge in [0.05, 0.1) is 19.4 Å². The molecule has 1 fully saturated rings. The number of alkyl halides is 6. The Kier molecular flexibility index (Phi) is 10.8. The van der Waals surface area contributed by atoms with E-state index in [4.69, 9.17) is 4.74 Å². The topological polar surface area (TPSA) is 79.0 Å². The van der Waals surface area contributed by atoms with Gasteiger partial charge in [-0.2, -0.15) is 26.3 Å². The molecule has 1 saturated heterocycles. The predicted octanol–water partition coefficient (Wildman–Crippen LogP) is 5.04. The Balaban J connectivity index is 1.65. The maximum atomic E-state index is 12.7. The lowest BCUT2D eigenvalue weighted by Gasteiger charge is -2.30. The van der Waals surface area contributed by atoms with E-state index < -0.39 is 56.1 Å². The van der Waals surface area contributed by atoms with E-state index >= 15 is 0 Å². The number of rotatable bonds is 13. The highest BCUT2D eigenvalue weighted by Crippen LogP contribution is 2.27. The van der Waals surface area contributed by atoms with E-state index in [0.717, 1.165) is 10.5 Å². The van der Waals surface area contributed by atoms with Crippen LogP contribution >= 0.6 is 0 Å². The van der Waals surface area contributed by atoms with Crippen LogP contribution in [0.5, 0.6) is 5.75 Å². The van der Waals surface area contributed by atoms with E-state index in [1.165, 1.54) is 4.90 Å². The lowest BCUT2D eigenvalue weighted by atomic mass is 10.0. The minimum Gasteiger partial charge on any atom is -0.489 e. The molecule has 1 unspecified atom stereocenters. The van der Waals surface area contributed by atoms with E-state index in [2.05, 4.69) is 5.32 Å². The summed E-state index contributed by atoms with van der Waals surface area (Å²) in [6.45, 7) is 0.837. The molecule has 0 aliphatic carbocycles. The molecule has 1 heterocycles. The second-order valence-corrected chi connectivity index (χ2v) is 9.91. The van der Waals surface area contributed by atoms with Gasteiger partial charge in [-0.05, 0) is 36.1 Å².